The van der Waals surface area contributed by atoms with Crippen LogP contribution < -0.4 is 20.0 Å². The van der Waals surface area contributed by atoms with E-state index in [1.54, 1.807) is 23.1 Å². The second-order valence-electron chi connectivity index (χ2n) is 8.51. The highest BCUT2D eigenvalue weighted by atomic mass is 19.1. The van der Waals surface area contributed by atoms with Crippen molar-refractivity contribution in [1.82, 2.24) is 25.3 Å². The number of anilines is 3. The number of aliphatic hydroxyl groups excluding tert-OH is 1. The smallest absolute Gasteiger partial charge is 0.414 e. The number of urea groups is 1. The van der Waals surface area contributed by atoms with E-state index < -0.39 is 30.4 Å². The number of nitrogens with one attached hydrogen (secondary N) is 1. The van der Waals surface area contributed by atoms with E-state index in [1.165, 1.54) is 40.3 Å². The van der Waals surface area contributed by atoms with Gasteiger partial charge in [0.25, 0.3) is 0 Å². The number of cyclic esters (lactones) is 1. The summed E-state index contributed by atoms with van der Waals surface area (Å²) in [5.74, 6) is -0.667. The number of halogens is 1. The molecule has 0 aliphatic carbocycles. The van der Waals surface area contributed by atoms with Gasteiger partial charge in [0, 0.05) is 39.0 Å². The summed E-state index contributed by atoms with van der Waals surface area (Å²) < 4.78 is 20.4. The van der Waals surface area contributed by atoms with Gasteiger partial charge in [-0.2, -0.15) is 5.01 Å². The van der Waals surface area contributed by atoms with E-state index in [0.717, 1.165) is 4.90 Å². The molecule has 2 atom stereocenters. The van der Waals surface area contributed by atoms with Crippen LogP contribution in [0.5, 0.6) is 0 Å². The summed E-state index contributed by atoms with van der Waals surface area (Å²) in [6.45, 7) is 2.86. The van der Waals surface area contributed by atoms with Gasteiger partial charge in [0.05, 0.1) is 31.0 Å². The maximum absolute atomic E-state index is 15.2. The van der Waals surface area contributed by atoms with Gasteiger partial charge in [0.15, 0.2) is 0 Å². The van der Waals surface area contributed by atoms with Crippen molar-refractivity contribution in [3.8, 4) is 0 Å². The van der Waals surface area contributed by atoms with Crippen LogP contribution in [0.15, 0.2) is 36.7 Å². The molecule has 4 amide bonds. The summed E-state index contributed by atoms with van der Waals surface area (Å²) in [7, 11) is 0. The lowest BCUT2D eigenvalue weighted by atomic mass is 10.2. The molecule has 3 aliphatic heterocycles. The maximum Gasteiger partial charge on any atom is 0.414 e. The second-order valence-corrected chi connectivity index (χ2v) is 8.51. The number of amides is 4. The molecule has 3 fully saturated rings. The molecule has 13 nitrogen and oxygen atoms in total. The Kier molecular flexibility index (Phi) is 6.28. The molecule has 2 N–H and O–H groups in total. The van der Waals surface area contributed by atoms with Crippen molar-refractivity contribution in [3.05, 3.63) is 42.5 Å². The standard InChI is InChI=1S/C22H25FN8O5/c1-14(32)26-12-16-13-28(22(35)36-16)15-3-4-18(17(23)11-15)27-7-9-29-20(33)31(19-24-5-2-6-25-19)21(34)30(29)10-8-27/h2-6,11,16,20,33H,7-10,12-13H2,1H3,(H,26,32)/t16-,20?/m0/s1. The lowest BCUT2D eigenvalue weighted by Gasteiger charge is -2.26. The van der Waals surface area contributed by atoms with Crippen LogP contribution in [0.1, 0.15) is 6.92 Å². The van der Waals surface area contributed by atoms with Crippen molar-refractivity contribution >= 4 is 35.4 Å². The predicted molar refractivity (Wildman–Crippen MR) is 124 cm³/mol. The number of carbonyl (C=O) groups excluding carboxylic acids is 3. The molecule has 1 aromatic carbocycles. The molecule has 4 heterocycles. The number of aliphatic hydroxyl groups is 1. The predicted octanol–water partition coefficient (Wildman–Crippen LogP) is 0.332. The molecule has 14 heteroatoms. The average molecular weight is 500 g/mol. The number of hydrogen-bond acceptors (Lipinski definition) is 9. The van der Waals surface area contributed by atoms with E-state index in [4.69, 9.17) is 4.74 Å². The molecule has 0 radical (unpaired) electrons. The Balaban J connectivity index is 1.26. The zero-order valence-corrected chi connectivity index (χ0v) is 19.5. The average Bonchev–Trinajstić information content (AvgIpc) is 3.23. The molecule has 5 rings (SSSR count). The van der Waals surface area contributed by atoms with Crippen LogP contribution in [-0.2, 0) is 9.53 Å². The minimum Gasteiger partial charge on any atom is -0.442 e. The molecular weight excluding hydrogens is 475 g/mol. The normalized spacial score (nSPS) is 22.5. The number of benzene rings is 1. The summed E-state index contributed by atoms with van der Waals surface area (Å²) in [6, 6.07) is 5.61. The first-order valence-corrected chi connectivity index (χ1v) is 11.4. The molecule has 0 spiro atoms. The van der Waals surface area contributed by atoms with Gasteiger partial charge < -0.3 is 20.1 Å². The van der Waals surface area contributed by atoms with Gasteiger partial charge in [0.2, 0.25) is 18.2 Å². The van der Waals surface area contributed by atoms with Gasteiger partial charge in [-0.25, -0.2) is 28.8 Å². The third kappa shape index (κ3) is 4.35. The summed E-state index contributed by atoms with van der Waals surface area (Å²) in [5, 5.41) is 16.3. The molecule has 0 bridgehead atoms. The molecule has 3 saturated heterocycles. The minimum atomic E-state index is -1.28. The third-order valence-electron chi connectivity index (χ3n) is 6.22. The number of nitrogens with zero attached hydrogens (tertiary/aromatic N) is 7. The van der Waals surface area contributed by atoms with Gasteiger partial charge in [-0.3, -0.25) is 14.7 Å². The molecule has 36 heavy (non-hydrogen) atoms. The lowest BCUT2D eigenvalue weighted by Crippen LogP contribution is -2.44. The zero-order valence-electron chi connectivity index (χ0n) is 19.5. The molecule has 190 valence electrons. The first-order chi connectivity index (χ1) is 17.3. The highest BCUT2D eigenvalue weighted by Crippen LogP contribution is 2.30. The summed E-state index contributed by atoms with van der Waals surface area (Å²) in [5.41, 5.74) is 0.656. The van der Waals surface area contributed by atoms with Gasteiger partial charge in [-0.1, -0.05) is 0 Å². The van der Waals surface area contributed by atoms with Gasteiger partial charge >= 0.3 is 12.1 Å². The van der Waals surface area contributed by atoms with Crippen molar-refractivity contribution in [2.24, 2.45) is 0 Å². The number of rotatable bonds is 5. The summed E-state index contributed by atoms with van der Waals surface area (Å²) in [4.78, 5) is 48.6. The van der Waals surface area contributed by atoms with Crippen LogP contribution in [0.4, 0.5) is 31.3 Å². The molecule has 1 aromatic heterocycles. The van der Waals surface area contributed by atoms with E-state index >= 15 is 4.39 Å². The minimum absolute atomic E-state index is 0.0984. The highest BCUT2D eigenvalue weighted by molar-refractivity contribution is 5.92. The number of hydrogen-bond donors (Lipinski definition) is 2. The van der Waals surface area contributed by atoms with Crippen LogP contribution in [-0.4, -0.2) is 94.8 Å². The molecular formula is C22H25FN8O5. The van der Waals surface area contributed by atoms with E-state index in [-0.39, 0.29) is 38.0 Å². The van der Waals surface area contributed by atoms with Crippen molar-refractivity contribution in [3.63, 3.8) is 0 Å². The topological polar surface area (TPSA) is 135 Å². The van der Waals surface area contributed by atoms with Crippen LogP contribution >= 0.6 is 0 Å². The Morgan fingerprint density at radius 1 is 1.19 bits per heavy atom. The zero-order chi connectivity index (χ0) is 25.4. The second kappa shape index (κ2) is 9.54. The van der Waals surface area contributed by atoms with Crippen LogP contribution in [0.2, 0.25) is 0 Å². The molecule has 3 aliphatic rings. The van der Waals surface area contributed by atoms with Crippen molar-refractivity contribution in [1.29, 1.82) is 0 Å². The maximum atomic E-state index is 15.2. The van der Waals surface area contributed by atoms with Gasteiger partial charge in [-0.15, -0.1) is 0 Å². The fourth-order valence-electron chi connectivity index (χ4n) is 4.46. The Morgan fingerprint density at radius 2 is 1.94 bits per heavy atom. The number of carbonyl (C=O) groups is 3. The van der Waals surface area contributed by atoms with Gasteiger partial charge in [0.1, 0.15) is 11.9 Å². The van der Waals surface area contributed by atoms with Crippen molar-refractivity contribution < 1.29 is 28.6 Å². The number of ether oxygens (including phenoxy) is 1. The van der Waals surface area contributed by atoms with Crippen molar-refractivity contribution in [2.75, 3.05) is 54.0 Å². The first-order valence-electron chi connectivity index (χ1n) is 11.4. The van der Waals surface area contributed by atoms with E-state index in [0.29, 0.717) is 24.5 Å². The SMILES string of the molecule is CC(=O)NC[C@H]1CN(c2ccc(N3CCN4C(=O)N(c5ncccn5)C(O)N4CC3)c(F)c2)C(=O)O1. The molecule has 2 aromatic rings. The molecule has 0 saturated carbocycles. The summed E-state index contributed by atoms with van der Waals surface area (Å²) >= 11 is 0. The first kappa shape index (κ1) is 23.7. The Hall–Kier alpha value is -4.04. The fraction of sp³-hybridized carbons (Fsp3) is 0.409. The highest BCUT2D eigenvalue weighted by Gasteiger charge is 2.46. The monoisotopic (exact) mass is 500 g/mol. The number of aromatic nitrogens is 2. The van der Waals surface area contributed by atoms with Crippen LogP contribution in [0, 0.1) is 5.82 Å². The van der Waals surface area contributed by atoms with Crippen LogP contribution in [0.3, 0.4) is 0 Å². The lowest BCUT2D eigenvalue weighted by molar-refractivity contribution is -0.119. The van der Waals surface area contributed by atoms with Crippen molar-refractivity contribution in [2.45, 2.75) is 19.4 Å². The quantitative estimate of drug-likeness (QED) is 0.596. The largest absolute Gasteiger partial charge is 0.442 e. The third-order valence-corrected chi connectivity index (χ3v) is 6.22. The number of hydrazine groups is 1. The Labute approximate surface area is 205 Å². The van der Waals surface area contributed by atoms with Crippen LogP contribution in [0.25, 0.3) is 0 Å². The number of fused-ring (bicyclic) bond motifs is 1. The molecule has 1 unspecified atom stereocenters. The van der Waals surface area contributed by atoms with E-state index in [9.17, 15) is 19.5 Å². The van der Waals surface area contributed by atoms with E-state index in [2.05, 4.69) is 15.3 Å². The van der Waals surface area contributed by atoms with E-state index in [1.807, 2.05) is 0 Å². The van der Waals surface area contributed by atoms with Gasteiger partial charge in [-0.05, 0) is 24.3 Å². The Morgan fingerprint density at radius 3 is 2.67 bits per heavy atom. The summed E-state index contributed by atoms with van der Waals surface area (Å²) in [6.07, 6.45) is 0.557. The Bertz CT molecular complexity index is 1170. The fourth-order valence-corrected chi connectivity index (χ4v) is 4.46.